The SMILES string of the molecule is O=C=Nc1cnc2ccnn2c1. The second kappa shape index (κ2) is 2.56. The zero-order valence-corrected chi connectivity index (χ0v) is 6.01. The van der Waals surface area contributed by atoms with Crippen molar-refractivity contribution in [2.24, 2.45) is 4.99 Å². The largest absolute Gasteiger partial charge is 0.240 e. The van der Waals surface area contributed by atoms with Gasteiger partial charge < -0.3 is 0 Å². The standard InChI is InChI=1S/C7H4N4O/c12-5-9-6-3-8-7-1-2-10-11(7)4-6/h1-4H. The number of aliphatic imine (C=N–C) groups is 1. The molecule has 0 aliphatic heterocycles. The molecule has 0 N–H and O–H groups in total. The predicted molar refractivity (Wildman–Crippen MR) is 40.8 cm³/mol. The summed E-state index contributed by atoms with van der Waals surface area (Å²) < 4.78 is 1.54. The Morgan fingerprint density at radius 2 is 2.50 bits per heavy atom. The fourth-order valence-electron chi connectivity index (χ4n) is 0.910. The summed E-state index contributed by atoms with van der Waals surface area (Å²) in [6.45, 7) is 0. The molecule has 2 aromatic heterocycles. The molecular formula is C7H4N4O. The Morgan fingerprint density at radius 3 is 3.33 bits per heavy atom. The van der Waals surface area contributed by atoms with Gasteiger partial charge in [-0.1, -0.05) is 0 Å². The fourth-order valence-corrected chi connectivity index (χ4v) is 0.910. The van der Waals surface area contributed by atoms with Gasteiger partial charge in [-0.3, -0.25) is 0 Å². The van der Waals surface area contributed by atoms with E-state index in [2.05, 4.69) is 15.1 Å². The minimum Gasteiger partial charge on any atom is -0.235 e. The number of fused-ring (bicyclic) bond motifs is 1. The van der Waals surface area contributed by atoms with Crippen molar-refractivity contribution in [3.8, 4) is 0 Å². The van der Waals surface area contributed by atoms with E-state index in [4.69, 9.17) is 0 Å². The Labute approximate surface area is 67.4 Å². The van der Waals surface area contributed by atoms with Crippen LogP contribution in [0.4, 0.5) is 5.69 Å². The molecule has 0 unspecified atom stereocenters. The highest BCUT2D eigenvalue weighted by molar-refractivity contribution is 5.49. The van der Waals surface area contributed by atoms with E-state index in [0.717, 1.165) is 5.65 Å². The van der Waals surface area contributed by atoms with Crippen LogP contribution >= 0.6 is 0 Å². The molecule has 5 nitrogen and oxygen atoms in total. The average molecular weight is 160 g/mol. The van der Waals surface area contributed by atoms with Crippen LogP contribution in [0.3, 0.4) is 0 Å². The van der Waals surface area contributed by atoms with E-state index in [1.165, 1.54) is 16.8 Å². The first kappa shape index (κ1) is 6.69. The highest BCUT2D eigenvalue weighted by Gasteiger charge is 1.94. The Morgan fingerprint density at radius 1 is 1.58 bits per heavy atom. The normalized spacial score (nSPS) is 9.67. The van der Waals surface area contributed by atoms with E-state index in [-0.39, 0.29) is 0 Å². The summed E-state index contributed by atoms with van der Waals surface area (Å²) in [5.41, 5.74) is 1.17. The molecule has 0 saturated carbocycles. The summed E-state index contributed by atoms with van der Waals surface area (Å²) in [7, 11) is 0. The van der Waals surface area contributed by atoms with Crippen molar-refractivity contribution < 1.29 is 4.79 Å². The van der Waals surface area contributed by atoms with Crippen molar-refractivity contribution in [3.63, 3.8) is 0 Å². The Bertz CT molecular complexity index is 455. The topological polar surface area (TPSA) is 59.6 Å². The van der Waals surface area contributed by atoms with E-state index in [9.17, 15) is 4.79 Å². The van der Waals surface area contributed by atoms with Crippen LogP contribution in [0.2, 0.25) is 0 Å². The number of carbonyl (C=O) groups excluding carboxylic acids is 1. The molecule has 2 aromatic rings. The Balaban J connectivity index is 2.67. The number of aromatic nitrogens is 3. The molecule has 0 aliphatic carbocycles. The second-order valence-electron chi connectivity index (χ2n) is 2.15. The van der Waals surface area contributed by atoms with Crippen LogP contribution in [0, 0.1) is 0 Å². The van der Waals surface area contributed by atoms with Gasteiger partial charge in [0.15, 0.2) is 5.65 Å². The maximum absolute atomic E-state index is 9.90. The van der Waals surface area contributed by atoms with Crippen molar-refractivity contribution >= 4 is 17.4 Å². The van der Waals surface area contributed by atoms with Crippen molar-refractivity contribution in [1.29, 1.82) is 0 Å². The highest BCUT2D eigenvalue weighted by Crippen LogP contribution is 2.08. The molecule has 12 heavy (non-hydrogen) atoms. The van der Waals surface area contributed by atoms with E-state index >= 15 is 0 Å². The molecule has 0 amide bonds. The number of isocyanates is 1. The minimum absolute atomic E-state index is 0.446. The van der Waals surface area contributed by atoms with Gasteiger partial charge >= 0.3 is 0 Å². The van der Waals surface area contributed by atoms with Gasteiger partial charge in [-0.25, -0.2) is 14.3 Å². The van der Waals surface area contributed by atoms with Crippen LogP contribution in [-0.4, -0.2) is 20.7 Å². The zero-order valence-electron chi connectivity index (χ0n) is 6.01. The number of hydrogen-bond donors (Lipinski definition) is 0. The Hall–Kier alpha value is -2.00. The van der Waals surface area contributed by atoms with Gasteiger partial charge in [-0.15, -0.1) is 0 Å². The first-order valence-electron chi connectivity index (χ1n) is 3.27. The van der Waals surface area contributed by atoms with Crippen LogP contribution in [0.1, 0.15) is 0 Å². The first-order chi connectivity index (χ1) is 5.90. The summed E-state index contributed by atoms with van der Waals surface area (Å²) in [5, 5.41) is 3.93. The van der Waals surface area contributed by atoms with Crippen molar-refractivity contribution in [3.05, 3.63) is 24.7 Å². The van der Waals surface area contributed by atoms with Crippen molar-refractivity contribution in [2.45, 2.75) is 0 Å². The zero-order chi connectivity index (χ0) is 8.39. The molecular weight excluding hydrogens is 156 g/mol. The lowest BCUT2D eigenvalue weighted by Gasteiger charge is -1.91. The molecule has 0 fully saturated rings. The van der Waals surface area contributed by atoms with Gasteiger partial charge in [-0.05, 0) is 0 Å². The van der Waals surface area contributed by atoms with E-state index in [1.807, 2.05) is 0 Å². The lowest BCUT2D eigenvalue weighted by atomic mass is 10.5. The molecule has 5 heteroatoms. The average Bonchev–Trinajstić information content (AvgIpc) is 2.51. The quantitative estimate of drug-likeness (QED) is 0.455. The smallest absolute Gasteiger partial charge is 0.235 e. The molecule has 0 bridgehead atoms. The van der Waals surface area contributed by atoms with E-state index in [0.29, 0.717) is 5.69 Å². The monoisotopic (exact) mass is 160 g/mol. The number of nitrogens with zero attached hydrogens (tertiary/aromatic N) is 4. The van der Waals surface area contributed by atoms with Crippen LogP contribution in [0.15, 0.2) is 29.6 Å². The molecule has 0 saturated heterocycles. The van der Waals surface area contributed by atoms with Gasteiger partial charge in [0.25, 0.3) is 0 Å². The van der Waals surface area contributed by atoms with Crippen LogP contribution in [0.25, 0.3) is 5.65 Å². The van der Waals surface area contributed by atoms with Crippen LogP contribution in [0.5, 0.6) is 0 Å². The van der Waals surface area contributed by atoms with Gasteiger partial charge in [0.1, 0.15) is 5.69 Å². The number of hydrogen-bond acceptors (Lipinski definition) is 4. The molecule has 0 aliphatic rings. The molecule has 2 heterocycles. The van der Waals surface area contributed by atoms with Crippen molar-refractivity contribution in [2.75, 3.05) is 0 Å². The van der Waals surface area contributed by atoms with Gasteiger partial charge in [0.05, 0.1) is 18.6 Å². The molecule has 2 rings (SSSR count). The fraction of sp³-hybridized carbons (Fsp3) is 0. The van der Waals surface area contributed by atoms with Crippen molar-refractivity contribution in [1.82, 2.24) is 14.6 Å². The molecule has 0 atom stereocenters. The van der Waals surface area contributed by atoms with E-state index in [1.54, 1.807) is 18.5 Å². The lowest BCUT2D eigenvalue weighted by Crippen LogP contribution is -1.87. The third-order valence-corrected chi connectivity index (χ3v) is 1.41. The Kier molecular flexibility index (Phi) is 1.43. The molecule has 0 aromatic carbocycles. The minimum atomic E-state index is 0.446. The predicted octanol–water partition coefficient (Wildman–Crippen LogP) is 0.697. The first-order valence-corrected chi connectivity index (χ1v) is 3.27. The molecule has 58 valence electrons. The summed E-state index contributed by atoms with van der Waals surface area (Å²) in [6.07, 6.45) is 6.15. The number of rotatable bonds is 1. The molecule has 0 radical (unpaired) electrons. The second-order valence-corrected chi connectivity index (χ2v) is 2.15. The van der Waals surface area contributed by atoms with E-state index < -0.39 is 0 Å². The summed E-state index contributed by atoms with van der Waals surface area (Å²) in [4.78, 5) is 17.3. The van der Waals surface area contributed by atoms with Crippen LogP contribution < -0.4 is 0 Å². The summed E-state index contributed by atoms with van der Waals surface area (Å²) >= 11 is 0. The third-order valence-electron chi connectivity index (χ3n) is 1.41. The highest BCUT2D eigenvalue weighted by atomic mass is 16.1. The maximum atomic E-state index is 9.90. The summed E-state index contributed by atoms with van der Waals surface area (Å²) in [5.74, 6) is 0. The van der Waals surface area contributed by atoms with Crippen LogP contribution in [-0.2, 0) is 4.79 Å². The maximum Gasteiger partial charge on any atom is 0.240 e. The lowest BCUT2D eigenvalue weighted by molar-refractivity contribution is 0.565. The molecule has 0 spiro atoms. The van der Waals surface area contributed by atoms with Gasteiger partial charge in [0.2, 0.25) is 6.08 Å². The van der Waals surface area contributed by atoms with Gasteiger partial charge in [0, 0.05) is 6.07 Å². The third kappa shape index (κ3) is 0.980. The van der Waals surface area contributed by atoms with Gasteiger partial charge in [-0.2, -0.15) is 10.1 Å². The summed E-state index contributed by atoms with van der Waals surface area (Å²) in [6, 6.07) is 1.76.